The molecule has 0 radical (unpaired) electrons. The standard InChI is InChI=1S/C22H22N2O2/c1-23(2)11-12-24-21(25)19-17-13-7-3-4-8-14(13)18(20(19)22(24)26)16-10-6-5-9-15(16)17/h3-10,17-20H,11-12H2,1-2H3. The van der Waals surface area contributed by atoms with Crippen molar-refractivity contribution in [2.24, 2.45) is 11.8 Å². The molecule has 4 aliphatic rings. The lowest BCUT2D eigenvalue weighted by Crippen LogP contribution is -2.41. The SMILES string of the molecule is CN(C)CCN1C(=O)C2C3c4ccccc4C(c4ccccc43)C2C1=O. The highest BCUT2D eigenvalue weighted by Crippen LogP contribution is 2.60. The lowest BCUT2D eigenvalue weighted by molar-refractivity contribution is -0.140. The van der Waals surface area contributed by atoms with Gasteiger partial charge in [0.25, 0.3) is 0 Å². The number of carbonyl (C=O) groups is 2. The predicted octanol–water partition coefficient (Wildman–Crippen LogP) is 2.44. The Hall–Kier alpha value is -2.46. The number of carbonyl (C=O) groups excluding carboxylic acids is 2. The van der Waals surface area contributed by atoms with Gasteiger partial charge in [0, 0.05) is 24.9 Å². The second-order valence-electron chi connectivity index (χ2n) is 7.90. The van der Waals surface area contributed by atoms with E-state index >= 15 is 0 Å². The van der Waals surface area contributed by atoms with E-state index in [1.807, 2.05) is 43.3 Å². The molecule has 4 nitrogen and oxygen atoms in total. The van der Waals surface area contributed by atoms with Crippen LogP contribution in [-0.2, 0) is 9.59 Å². The van der Waals surface area contributed by atoms with Crippen LogP contribution >= 0.6 is 0 Å². The number of benzene rings is 2. The summed E-state index contributed by atoms with van der Waals surface area (Å²) in [4.78, 5) is 30.1. The van der Waals surface area contributed by atoms with E-state index in [-0.39, 0.29) is 35.5 Å². The van der Waals surface area contributed by atoms with Crippen LogP contribution in [-0.4, -0.2) is 48.8 Å². The average Bonchev–Trinajstić information content (AvgIpc) is 2.91. The number of hydrogen-bond acceptors (Lipinski definition) is 3. The van der Waals surface area contributed by atoms with Gasteiger partial charge in [0.1, 0.15) is 0 Å². The second kappa shape index (κ2) is 5.52. The van der Waals surface area contributed by atoms with Crippen molar-refractivity contribution in [2.75, 3.05) is 27.2 Å². The van der Waals surface area contributed by atoms with E-state index in [0.717, 1.165) is 0 Å². The molecule has 2 bridgehead atoms. The second-order valence-corrected chi connectivity index (χ2v) is 7.90. The van der Waals surface area contributed by atoms with Crippen molar-refractivity contribution in [1.82, 2.24) is 9.80 Å². The summed E-state index contributed by atoms with van der Waals surface area (Å²) in [6.45, 7) is 1.18. The molecule has 3 aliphatic carbocycles. The Morgan fingerprint density at radius 2 is 1.15 bits per heavy atom. The number of rotatable bonds is 3. The van der Waals surface area contributed by atoms with Crippen LogP contribution in [0.4, 0.5) is 0 Å². The summed E-state index contributed by atoms with van der Waals surface area (Å²) in [6.07, 6.45) is 0. The summed E-state index contributed by atoms with van der Waals surface area (Å²) < 4.78 is 0. The van der Waals surface area contributed by atoms with E-state index in [1.54, 1.807) is 0 Å². The van der Waals surface area contributed by atoms with E-state index in [9.17, 15) is 9.59 Å². The van der Waals surface area contributed by atoms with Gasteiger partial charge in [-0.25, -0.2) is 0 Å². The van der Waals surface area contributed by atoms with E-state index in [4.69, 9.17) is 0 Å². The molecule has 6 rings (SSSR count). The molecule has 1 aliphatic heterocycles. The number of likely N-dealkylation sites (N-methyl/N-ethyl adjacent to an activating group) is 1. The maximum absolute atomic E-state index is 13.3. The molecule has 26 heavy (non-hydrogen) atoms. The third-order valence-electron chi connectivity index (χ3n) is 6.31. The van der Waals surface area contributed by atoms with Gasteiger partial charge in [-0.15, -0.1) is 0 Å². The highest BCUT2D eigenvalue weighted by Gasteiger charge is 2.61. The van der Waals surface area contributed by atoms with Crippen LogP contribution in [0.5, 0.6) is 0 Å². The average molecular weight is 346 g/mol. The molecule has 4 heteroatoms. The minimum Gasteiger partial charge on any atom is -0.308 e. The third kappa shape index (κ3) is 1.93. The maximum Gasteiger partial charge on any atom is 0.234 e. The molecule has 0 aromatic heterocycles. The van der Waals surface area contributed by atoms with Crippen molar-refractivity contribution >= 4 is 11.8 Å². The summed E-state index contributed by atoms with van der Waals surface area (Å²) in [5.74, 6) is -0.475. The molecule has 1 heterocycles. The van der Waals surface area contributed by atoms with Gasteiger partial charge in [0.15, 0.2) is 0 Å². The minimum atomic E-state index is -0.250. The Morgan fingerprint density at radius 3 is 1.50 bits per heavy atom. The first-order chi connectivity index (χ1) is 12.6. The van der Waals surface area contributed by atoms with Crippen LogP contribution in [0.2, 0.25) is 0 Å². The zero-order valence-electron chi connectivity index (χ0n) is 15.1. The molecule has 0 N–H and O–H groups in total. The van der Waals surface area contributed by atoms with Crippen molar-refractivity contribution in [3.05, 3.63) is 70.8 Å². The lowest BCUT2D eigenvalue weighted by atomic mass is 9.55. The normalized spacial score (nSPS) is 28.3. The monoisotopic (exact) mass is 346 g/mol. The van der Waals surface area contributed by atoms with Gasteiger partial charge in [-0.1, -0.05) is 48.5 Å². The molecule has 0 saturated carbocycles. The van der Waals surface area contributed by atoms with Crippen molar-refractivity contribution in [3.8, 4) is 0 Å². The summed E-state index contributed by atoms with van der Waals surface area (Å²) in [5.41, 5.74) is 4.92. The Labute approximate surface area is 153 Å². The number of imide groups is 1. The molecule has 2 unspecified atom stereocenters. The first kappa shape index (κ1) is 15.8. The minimum absolute atomic E-state index is 0.00166. The van der Waals surface area contributed by atoms with Crippen molar-refractivity contribution in [1.29, 1.82) is 0 Å². The predicted molar refractivity (Wildman–Crippen MR) is 98.8 cm³/mol. The number of nitrogens with zero attached hydrogens (tertiary/aromatic N) is 2. The van der Waals surface area contributed by atoms with Gasteiger partial charge in [-0.2, -0.15) is 0 Å². The maximum atomic E-state index is 13.3. The first-order valence-electron chi connectivity index (χ1n) is 9.27. The van der Waals surface area contributed by atoms with E-state index in [1.165, 1.54) is 27.2 Å². The Kier molecular flexibility index (Phi) is 3.35. The van der Waals surface area contributed by atoms with Crippen LogP contribution in [0.3, 0.4) is 0 Å². The third-order valence-corrected chi connectivity index (χ3v) is 6.31. The molecule has 1 saturated heterocycles. The number of hydrogen-bond donors (Lipinski definition) is 0. The van der Waals surface area contributed by atoms with Crippen LogP contribution in [0.15, 0.2) is 48.5 Å². The largest absolute Gasteiger partial charge is 0.308 e. The zero-order valence-corrected chi connectivity index (χ0v) is 15.1. The quantitative estimate of drug-likeness (QED) is 0.802. The Balaban J connectivity index is 1.66. The highest BCUT2D eigenvalue weighted by atomic mass is 16.2. The van der Waals surface area contributed by atoms with Crippen molar-refractivity contribution in [2.45, 2.75) is 11.8 Å². The Bertz CT molecular complexity index is 804. The van der Waals surface area contributed by atoms with Gasteiger partial charge < -0.3 is 4.90 Å². The van der Waals surface area contributed by atoms with Crippen molar-refractivity contribution in [3.63, 3.8) is 0 Å². The molecule has 132 valence electrons. The van der Waals surface area contributed by atoms with Crippen LogP contribution in [0, 0.1) is 11.8 Å². The van der Waals surface area contributed by atoms with Crippen LogP contribution < -0.4 is 0 Å². The van der Waals surface area contributed by atoms with Gasteiger partial charge >= 0.3 is 0 Å². The molecule has 2 amide bonds. The van der Waals surface area contributed by atoms with E-state index < -0.39 is 0 Å². The molecule has 2 atom stereocenters. The first-order valence-corrected chi connectivity index (χ1v) is 9.27. The fraction of sp³-hybridized carbons (Fsp3) is 0.364. The fourth-order valence-electron chi connectivity index (χ4n) is 5.26. The van der Waals surface area contributed by atoms with E-state index in [0.29, 0.717) is 13.1 Å². The van der Waals surface area contributed by atoms with Gasteiger partial charge in [-0.05, 0) is 36.3 Å². The zero-order chi connectivity index (χ0) is 18.0. The van der Waals surface area contributed by atoms with E-state index in [2.05, 4.69) is 24.3 Å². The summed E-state index contributed by atoms with van der Waals surface area (Å²) in [7, 11) is 3.93. The molecular weight excluding hydrogens is 324 g/mol. The topological polar surface area (TPSA) is 40.6 Å². The molecule has 0 spiro atoms. The number of amides is 2. The molecule has 2 aromatic rings. The summed E-state index contributed by atoms with van der Waals surface area (Å²) >= 11 is 0. The van der Waals surface area contributed by atoms with Gasteiger partial charge in [-0.3, -0.25) is 14.5 Å². The van der Waals surface area contributed by atoms with Crippen LogP contribution in [0.1, 0.15) is 34.1 Å². The molecule has 1 fully saturated rings. The highest BCUT2D eigenvalue weighted by molar-refractivity contribution is 6.07. The summed E-state index contributed by atoms with van der Waals surface area (Å²) in [6, 6.07) is 16.7. The Morgan fingerprint density at radius 1 is 0.769 bits per heavy atom. The molecular formula is C22H22N2O2. The van der Waals surface area contributed by atoms with Gasteiger partial charge in [0.2, 0.25) is 11.8 Å². The fourth-order valence-corrected chi connectivity index (χ4v) is 5.26. The van der Waals surface area contributed by atoms with Crippen molar-refractivity contribution < 1.29 is 9.59 Å². The lowest BCUT2D eigenvalue weighted by Gasteiger charge is -2.45. The summed E-state index contributed by atoms with van der Waals surface area (Å²) in [5, 5.41) is 0. The number of likely N-dealkylation sites (tertiary alicyclic amines) is 1. The molecule has 2 aromatic carbocycles. The van der Waals surface area contributed by atoms with Gasteiger partial charge in [0.05, 0.1) is 11.8 Å². The van der Waals surface area contributed by atoms with Crippen LogP contribution in [0.25, 0.3) is 0 Å². The smallest absolute Gasteiger partial charge is 0.234 e.